The van der Waals surface area contributed by atoms with Gasteiger partial charge in [-0.15, -0.1) is 0 Å². The van der Waals surface area contributed by atoms with Crippen LogP contribution in [0.25, 0.3) is 10.9 Å². The molecule has 1 heterocycles. The molecule has 2 aromatic carbocycles. The number of carboxylic acids is 1. The normalized spacial score (nSPS) is 12.3. The Balaban J connectivity index is 1.94. The van der Waals surface area contributed by atoms with Gasteiger partial charge in [-0.25, -0.2) is 0 Å². The van der Waals surface area contributed by atoms with E-state index in [9.17, 15) is 9.59 Å². The largest absolute Gasteiger partial charge is 0.480 e. The maximum atomic E-state index is 13.1. The van der Waals surface area contributed by atoms with Crippen molar-refractivity contribution in [2.75, 3.05) is 0 Å². The summed E-state index contributed by atoms with van der Waals surface area (Å²) in [5.41, 5.74) is 2.20. The number of nitrogens with zero attached hydrogens (tertiary/aromatic N) is 1. The molecule has 140 valence electrons. The molecule has 0 saturated heterocycles. The number of aliphatic carboxylic acids is 1. The fraction of sp³-hybridized carbons (Fsp3) is 0.273. The number of carboxylic acid groups (broad SMARTS) is 1. The highest BCUT2D eigenvalue weighted by molar-refractivity contribution is 6.06. The van der Waals surface area contributed by atoms with Crippen LogP contribution in [0.4, 0.5) is 0 Å². The molecule has 0 spiro atoms. The first-order chi connectivity index (χ1) is 13.0. The van der Waals surface area contributed by atoms with E-state index in [1.54, 1.807) is 16.8 Å². The van der Waals surface area contributed by atoms with Crippen LogP contribution >= 0.6 is 0 Å². The van der Waals surface area contributed by atoms with E-state index in [-0.39, 0.29) is 18.5 Å². The summed E-state index contributed by atoms with van der Waals surface area (Å²) in [6.07, 6.45) is 2.53. The van der Waals surface area contributed by atoms with E-state index in [1.165, 1.54) is 0 Å². The number of hydrogen-bond donors (Lipinski definition) is 2. The van der Waals surface area contributed by atoms with Crippen LogP contribution < -0.4 is 5.32 Å². The van der Waals surface area contributed by atoms with Crippen molar-refractivity contribution in [2.45, 2.75) is 32.9 Å². The first-order valence-electron chi connectivity index (χ1n) is 9.11. The molecule has 1 amide bonds. The SMILES string of the molecule is CC(C)CC(NC(=O)c1cccc2ccn(CC(=O)O)c12)c1ccccc1. The second-order valence-corrected chi connectivity index (χ2v) is 7.15. The van der Waals surface area contributed by atoms with E-state index >= 15 is 0 Å². The van der Waals surface area contributed by atoms with E-state index in [2.05, 4.69) is 19.2 Å². The molecule has 1 aromatic heterocycles. The number of para-hydroxylation sites is 1. The van der Waals surface area contributed by atoms with Gasteiger partial charge in [-0.3, -0.25) is 9.59 Å². The smallest absolute Gasteiger partial charge is 0.323 e. The van der Waals surface area contributed by atoms with E-state index in [4.69, 9.17) is 5.11 Å². The van der Waals surface area contributed by atoms with E-state index in [1.807, 2.05) is 48.5 Å². The zero-order valence-corrected chi connectivity index (χ0v) is 15.6. The van der Waals surface area contributed by atoms with Crippen molar-refractivity contribution in [2.24, 2.45) is 5.92 Å². The third kappa shape index (κ3) is 4.37. The number of amides is 1. The zero-order valence-electron chi connectivity index (χ0n) is 15.6. The molecule has 5 nitrogen and oxygen atoms in total. The minimum Gasteiger partial charge on any atom is -0.480 e. The first-order valence-corrected chi connectivity index (χ1v) is 9.11. The van der Waals surface area contributed by atoms with Crippen LogP contribution in [0.1, 0.15) is 42.2 Å². The first kappa shape index (κ1) is 18.7. The Morgan fingerprint density at radius 3 is 2.44 bits per heavy atom. The monoisotopic (exact) mass is 364 g/mol. The summed E-state index contributed by atoms with van der Waals surface area (Å²) in [6.45, 7) is 4.07. The summed E-state index contributed by atoms with van der Waals surface area (Å²) in [5.74, 6) is -0.715. The minimum atomic E-state index is -0.940. The molecular weight excluding hydrogens is 340 g/mol. The predicted molar refractivity (Wildman–Crippen MR) is 106 cm³/mol. The van der Waals surface area contributed by atoms with Crippen LogP contribution in [0.15, 0.2) is 60.8 Å². The lowest BCUT2D eigenvalue weighted by atomic mass is 9.96. The molecule has 0 aliphatic heterocycles. The van der Waals surface area contributed by atoms with Gasteiger partial charge in [-0.1, -0.05) is 56.3 Å². The lowest BCUT2D eigenvalue weighted by Crippen LogP contribution is -2.30. The average Bonchev–Trinajstić information content (AvgIpc) is 3.04. The molecule has 0 saturated carbocycles. The quantitative estimate of drug-likeness (QED) is 0.658. The van der Waals surface area contributed by atoms with Crippen molar-refractivity contribution in [3.8, 4) is 0 Å². The van der Waals surface area contributed by atoms with Crippen molar-refractivity contribution >= 4 is 22.8 Å². The van der Waals surface area contributed by atoms with Gasteiger partial charge in [0.15, 0.2) is 0 Å². The molecule has 3 aromatic rings. The van der Waals surface area contributed by atoms with Gasteiger partial charge in [0.1, 0.15) is 6.54 Å². The molecule has 5 heteroatoms. The van der Waals surface area contributed by atoms with Crippen LogP contribution in [0.5, 0.6) is 0 Å². The van der Waals surface area contributed by atoms with Gasteiger partial charge in [0.2, 0.25) is 0 Å². The van der Waals surface area contributed by atoms with Crippen molar-refractivity contribution in [1.82, 2.24) is 9.88 Å². The molecule has 3 rings (SSSR count). The van der Waals surface area contributed by atoms with Gasteiger partial charge in [-0.05, 0) is 30.0 Å². The topological polar surface area (TPSA) is 71.3 Å². The van der Waals surface area contributed by atoms with E-state index in [0.29, 0.717) is 17.0 Å². The van der Waals surface area contributed by atoms with E-state index in [0.717, 1.165) is 17.4 Å². The summed E-state index contributed by atoms with van der Waals surface area (Å²) in [5, 5.41) is 13.1. The van der Waals surface area contributed by atoms with Crippen molar-refractivity contribution < 1.29 is 14.7 Å². The highest BCUT2D eigenvalue weighted by atomic mass is 16.4. The molecule has 27 heavy (non-hydrogen) atoms. The number of benzene rings is 2. The summed E-state index contributed by atoms with van der Waals surface area (Å²) < 4.78 is 1.60. The molecule has 0 radical (unpaired) electrons. The number of carbonyl (C=O) groups is 2. The minimum absolute atomic E-state index is 0.100. The number of aromatic nitrogens is 1. The summed E-state index contributed by atoms with van der Waals surface area (Å²) in [4.78, 5) is 24.2. The second kappa shape index (κ2) is 8.08. The number of nitrogens with one attached hydrogen (secondary N) is 1. The number of rotatable bonds is 7. The molecule has 0 aliphatic carbocycles. The van der Waals surface area contributed by atoms with E-state index < -0.39 is 5.97 Å². The van der Waals surface area contributed by atoms with Gasteiger partial charge >= 0.3 is 5.97 Å². The summed E-state index contributed by atoms with van der Waals surface area (Å²) in [7, 11) is 0. The van der Waals surface area contributed by atoms with Crippen molar-refractivity contribution in [1.29, 1.82) is 0 Å². The number of carbonyl (C=O) groups excluding carboxylic acids is 1. The third-order valence-electron chi connectivity index (χ3n) is 4.55. The second-order valence-electron chi connectivity index (χ2n) is 7.15. The van der Waals surface area contributed by atoms with Gasteiger partial charge in [0, 0.05) is 11.6 Å². The highest BCUT2D eigenvalue weighted by Crippen LogP contribution is 2.24. The molecule has 1 unspecified atom stereocenters. The maximum Gasteiger partial charge on any atom is 0.323 e. The number of fused-ring (bicyclic) bond motifs is 1. The molecule has 0 bridgehead atoms. The third-order valence-corrected chi connectivity index (χ3v) is 4.55. The van der Waals surface area contributed by atoms with Crippen LogP contribution in [-0.2, 0) is 11.3 Å². The Morgan fingerprint density at radius 1 is 1.04 bits per heavy atom. The molecule has 0 fully saturated rings. The van der Waals surface area contributed by atoms with Crippen LogP contribution in [0.3, 0.4) is 0 Å². The van der Waals surface area contributed by atoms with Crippen molar-refractivity contribution in [3.05, 3.63) is 71.9 Å². The predicted octanol–water partition coefficient (Wildman–Crippen LogP) is 4.24. The lowest BCUT2D eigenvalue weighted by Gasteiger charge is -2.21. The molecule has 0 aliphatic rings. The Kier molecular flexibility index (Phi) is 5.60. The molecule has 1 atom stereocenters. The lowest BCUT2D eigenvalue weighted by molar-refractivity contribution is -0.137. The van der Waals surface area contributed by atoms with Crippen LogP contribution in [0.2, 0.25) is 0 Å². The van der Waals surface area contributed by atoms with Crippen molar-refractivity contribution in [3.63, 3.8) is 0 Å². The fourth-order valence-electron chi connectivity index (χ4n) is 3.39. The Hall–Kier alpha value is -3.08. The number of hydrogen-bond acceptors (Lipinski definition) is 2. The van der Waals surface area contributed by atoms with Crippen LogP contribution in [0, 0.1) is 5.92 Å². The molecule has 2 N–H and O–H groups in total. The molecular formula is C22H24N2O3. The summed E-state index contributed by atoms with van der Waals surface area (Å²) in [6, 6.07) is 17.1. The average molecular weight is 364 g/mol. The summed E-state index contributed by atoms with van der Waals surface area (Å²) >= 11 is 0. The zero-order chi connectivity index (χ0) is 19.4. The highest BCUT2D eigenvalue weighted by Gasteiger charge is 2.20. The van der Waals surface area contributed by atoms with Gasteiger partial charge in [0.25, 0.3) is 5.91 Å². The standard InChI is InChI=1S/C22H24N2O3/c1-15(2)13-19(16-7-4-3-5-8-16)23-22(27)18-10-6-9-17-11-12-24(21(17)18)14-20(25)26/h3-12,15,19H,13-14H2,1-2H3,(H,23,27)(H,25,26). The fourth-order valence-corrected chi connectivity index (χ4v) is 3.39. The Labute approximate surface area is 158 Å². The van der Waals surface area contributed by atoms with Crippen LogP contribution in [-0.4, -0.2) is 21.6 Å². The van der Waals surface area contributed by atoms with Gasteiger partial charge in [0.05, 0.1) is 17.1 Å². The maximum absolute atomic E-state index is 13.1. The Bertz CT molecular complexity index is 945. The van der Waals surface area contributed by atoms with Gasteiger partial charge in [-0.2, -0.15) is 0 Å². The van der Waals surface area contributed by atoms with Gasteiger partial charge < -0.3 is 15.0 Å². The Morgan fingerprint density at radius 2 is 1.78 bits per heavy atom.